The van der Waals surface area contributed by atoms with E-state index in [4.69, 9.17) is 4.74 Å². The SMILES string of the molecule is COc1ccc2c(c1)-c1sc(C(=O)N3CCc4ccccc4[C@@H]3c3ccc(C)cc3)cc1CC2. The average molecular weight is 466 g/mol. The summed E-state index contributed by atoms with van der Waals surface area (Å²) in [5, 5.41) is 0. The molecule has 0 bridgehead atoms. The number of hydrogen-bond acceptors (Lipinski definition) is 3. The third-order valence-electron chi connectivity index (χ3n) is 7.18. The molecule has 4 heteroatoms. The summed E-state index contributed by atoms with van der Waals surface area (Å²) in [6.45, 7) is 2.83. The molecule has 1 aliphatic heterocycles. The van der Waals surface area contributed by atoms with Crippen molar-refractivity contribution >= 4 is 17.2 Å². The zero-order chi connectivity index (χ0) is 23.2. The van der Waals surface area contributed by atoms with Gasteiger partial charge in [-0.05, 0) is 77.8 Å². The largest absolute Gasteiger partial charge is 0.497 e. The smallest absolute Gasteiger partial charge is 0.264 e. The van der Waals surface area contributed by atoms with Gasteiger partial charge in [-0.15, -0.1) is 11.3 Å². The number of carbonyl (C=O) groups is 1. The number of benzene rings is 3. The molecule has 1 aliphatic carbocycles. The molecule has 34 heavy (non-hydrogen) atoms. The Balaban J connectivity index is 1.41. The Morgan fingerprint density at radius 3 is 2.53 bits per heavy atom. The van der Waals surface area contributed by atoms with Gasteiger partial charge < -0.3 is 9.64 Å². The Hall–Kier alpha value is -3.37. The van der Waals surface area contributed by atoms with Crippen LogP contribution in [0.1, 0.15) is 49.1 Å². The van der Waals surface area contributed by atoms with Gasteiger partial charge in [0.05, 0.1) is 18.0 Å². The number of fused-ring (bicyclic) bond motifs is 4. The van der Waals surface area contributed by atoms with Gasteiger partial charge in [0.1, 0.15) is 5.75 Å². The second-order valence-electron chi connectivity index (χ2n) is 9.25. The Bertz CT molecular complexity index is 1390. The summed E-state index contributed by atoms with van der Waals surface area (Å²) in [6, 6.07) is 25.6. The van der Waals surface area contributed by atoms with Gasteiger partial charge in [0.2, 0.25) is 0 Å². The fraction of sp³-hybridized carbons (Fsp3) is 0.233. The zero-order valence-corrected chi connectivity index (χ0v) is 20.3. The maximum atomic E-state index is 14.0. The van der Waals surface area contributed by atoms with E-state index in [1.54, 1.807) is 18.4 Å². The number of thiophene rings is 1. The number of ether oxygens (including phenoxy) is 1. The van der Waals surface area contributed by atoms with Gasteiger partial charge in [0.15, 0.2) is 0 Å². The number of nitrogens with zero attached hydrogens (tertiary/aromatic N) is 1. The summed E-state index contributed by atoms with van der Waals surface area (Å²) < 4.78 is 5.48. The van der Waals surface area contributed by atoms with Crippen molar-refractivity contribution in [1.29, 1.82) is 0 Å². The minimum Gasteiger partial charge on any atom is -0.497 e. The van der Waals surface area contributed by atoms with Crippen molar-refractivity contribution in [3.8, 4) is 16.2 Å². The van der Waals surface area contributed by atoms with Crippen LogP contribution in [0.15, 0.2) is 72.8 Å². The number of methoxy groups -OCH3 is 1. The minimum atomic E-state index is -0.0652. The van der Waals surface area contributed by atoms with Crippen molar-refractivity contribution < 1.29 is 9.53 Å². The van der Waals surface area contributed by atoms with Crippen LogP contribution < -0.4 is 4.74 Å². The van der Waals surface area contributed by atoms with E-state index in [0.29, 0.717) is 0 Å². The first-order valence-electron chi connectivity index (χ1n) is 11.9. The maximum absolute atomic E-state index is 14.0. The molecular formula is C30H27NO2S. The van der Waals surface area contributed by atoms with Crippen LogP contribution in [0.5, 0.6) is 5.75 Å². The van der Waals surface area contributed by atoms with E-state index in [9.17, 15) is 4.79 Å². The van der Waals surface area contributed by atoms with Gasteiger partial charge in [-0.25, -0.2) is 0 Å². The van der Waals surface area contributed by atoms with E-state index < -0.39 is 0 Å². The quantitative estimate of drug-likeness (QED) is 0.340. The lowest BCUT2D eigenvalue weighted by molar-refractivity contribution is 0.0699. The van der Waals surface area contributed by atoms with Crippen molar-refractivity contribution in [2.45, 2.75) is 32.2 Å². The number of carbonyl (C=O) groups excluding carboxylic acids is 1. The topological polar surface area (TPSA) is 29.5 Å². The van der Waals surface area contributed by atoms with Crippen LogP contribution in [0.2, 0.25) is 0 Å². The third-order valence-corrected chi connectivity index (χ3v) is 8.38. The van der Waals surface area contributed by atoms with Gasteiger partial charge in [-0.2, -0.15) is 0 Å². The van der Waals surface area contributed by atoms with Crippen LogP contribution in [-0.4, -0.2) is 24.5 Å². The molecule has 0 unspecified atom stereocenters. The Morgan fingerprint density at radius 1 is 0.912 bits per heavy atom. The monoisotopic (exact) mass is 465 g/mol. The van der Waals surface area contributed by atoms with Gasteiger partial charge in [0, 0.05) is 11.4 Å². The van der Waals surface area contributed by atoms with Crippen LogP contribution in [0.4, 0.5) is 0 Å². The summed E-state index contributed by atoms with van der Waals surface area (Å²) >= 11 is 1.63. The highest BCUT2D eigenvalue weighted by Crippen LogP contribution is 2.43. The van der Waals surface area contributed by atoms with Crippen molar-refractivity contribution in [2.75, 3.05) is 13.7 Å². The Morgan fingerprint density at radius 2 is 1.71 bits per heavy atom. The average Bonchev–Trinajstić information content (AvgIpc) is 3.33. The molecule has 0 spiro atoms. The number of rotatable bonds is 3. The van der Waals surface area contributed by atoms with Crippen LogP contribution >= 0.6 is 11.3 Å². The van der Waals surface area contributed by atoms with Gasteiger partial charge in [-0.1, -0.05) is 60.2 Å². The predicted molar refractivity (Wildman–Crippen MR) is 138 cm³/mol. The fourth-order valence-electron chi connectivity index (χ4n) is 5.36. The standard InChI is InChI=1S/C30H27NO2S/c1-19-7-9-22(10-8-19)28-25-6-4-3-5-20(25)15-16-31(28)30(32)27-17-23-12-11-21-13-14-24(33-2)18-26(21)29(23)34-27/h3-10,13-14,17-18,28H,11-12,15-16H2,1-2H3/t28-/m0/s1. The number of amides is 1. The number of hydrogen-bond donors (Lipinski definition) is 0. The van der Waals surface area contributed by atoms with E-state index in [1.165, 1.54) is 43.8 Å². The first-order valence-corrected chi connectivity index (χ1v) is 12.7. The van der Waals surface area contributed by atoms with Crippen molar-refractivity contribution in [3.63, 3.8) is 0 Å². The first-order chi connectivity index (χ1) is 16.6. The molecule has 0 radical (unpaired) electrons. The van der Waals surface area contributed by atoms with Gasteiger partial charge in [0.25, 0.3) is 5.91 Å². The maximum Gasteiger partial charge on any atom is 0.264 e. The lowest BCUT2D eigenvalue weighted by Crippen LogP contribution is -2.40. The summed E-state index contributed by atoms with van der Waals surface area (Å²) in [5.74, 6) is 0.990. The molecule has 6 rings (SSSR count). The van der Waals surface area contributed by atoms with Crippen molar-refractivity contribution in [3.05, 3.63) is 111 Å². The summed E-state index contributed by atoms with van der Waals surface area (Å²) in [7, 11) is 1.70. The van der Waals surface area contributed by atoms with E-state index in [2.05, 4.69) is 78.6 Å². The van der Waals surface area contributed by atoms with Crippen LogP contribution in [-0.2, 0) is 19.3 Å². The molecule has 1 aromatic heterocycles. The molecule has 4 aromatic rings. The zero-order valence-electron chi connectivity index (χ0n) is 19.5. The van der Waals surface area contributed by atoms with E-state index in [-0.39, 0.29) is 11.9 Å². The molecule has 0 N–H and O–H groups in total. The predicted octanol–water partition coefficient (Wildman–Crippen LogP) is 6.62. The summed E-state index contributed by atoms with van der Waals surface area (Å²) in [5.41, 5.74) is 8.79. The van der Waals surface area contributed by atoms with Crippen LogP contribution in [0, 0.1) is 6.92 Å². The van der Waals surface area contributed by atoms with Crippen molar-refractivity contribution in [2.24, 2.45) is 0 Å². The molecule has 3 nitrogen and oxygen atoms in total. The van der Waals surface area contributed by atoms with E-state index in [0.717, 1.165) is 36.4 Å². The molecule has 2 aliphatic rings. The number of aryl methyl sites for hydroxylation is 3. The molecule has 0 saturated heterocycles. The normalized spacial score (nSPS) is 16.4. The third kappa shape index (κ3) is 3.54. The lowest BCUT2D eigenvalue weighted by atomic mass is 9.87. The van der Waals surface area contributed by atoms with E-state index >= 15 is 0 Å². The summed E-state index contributed by atoms with van der Waals surface area (Å²) in [4.78, 5) is 18.2. The van der Waals surface area contributed by atoms with Crippen molar-refractivity contribution in [1.82, 2.24) is 4.90 Å². The molecule has 2 heterocycles. The highest BCUT2D eigenvalue weighted by Gasteiger charge is 2.34. The van der Waals surface area contributed by atoms with E-state index in [1.807, 2.05) is 6.07 Å². The highest BCUT2D eigenvalue weighted by molar-refractivity contribution is 7.17. The first kappa shape index (κ1) is 21.2. The second kappa shape index (κ2) is 8.44. The molecule has 3 aromatic carbocycles. The minimum absolute atomic E-state index is 0.0652. The molecular weight excluding hydrogens is 438 g/mol. The molecule has 1 atom stereocenters. The summed E-state index contributed by atoms with van der Waals surface area (Å²) in [6.07, 6.45) is 2.86. The molecule has 0 saturated carbocycles. The van der Waals surface area contributed by atoms with Gasteiger partial charge in [-0.3, -0.25) is 4.79 Å². The van der Waals surface area contributed by atoms with Gasteiger partial charge >= 0.3 is 0 Å². The Labute approximate surface area is 204 Å². The van der Waals surface area contributed by atoms with Crippen LogP contribution in [0.25, 0.3) is 10.4 Å². The lowest BCUT2D eigenvalue weighted by Gasteiger charge is -2.37. The molecule has 0 fully saturated rings. The second-order valence-corrected chi connectivity index (χ2v) is 10.3. The fourth-order valence-corrected chi connectivity index (χ4v) is 6.58. The molecule has 1 amide bonds. The van der Waals surface area contributed by atoms with Crippen LogP contribution in [0.3, 0.4) is 0 Å². The molecule has 170 valence electrons. The highest BCUT2D eigenvalue weighted by atomic mass is 32.1. The Kier molecular flexibility index (Phi) is 5.26.